The van der Waals surface area contributed by atoms with Crippen LogP contribution in [-0.2, 0) is 5.54 Å². The second kappa shape index (κ2) is 3.07. The van der Waals surface area contributed by atoms with Crippen LogP contribution in [0.2, 0.25) is 0 Å². The first kappa shape index (κ1) is 9.16. The van der Waals surface area contributed by atoms with Gasteiger partial charge in [0.15, 0.2) is 0 Å². The Morgan fingerprint density at radius 2 is 2.15 bits per heavy atom. The molecule has 0 aliphatic heterocycles. The van der Waals surface area contributed by atoms with Gasteiger partial charge in [-0.2, -0.15) is 0 Å². The SMILES string of the molecule is Cc1nc(C2(N)CCC2)ccc1Br. The van der Waals surface area contributed by atoms with Crippen molar-refractivity contribution in [2.24, 2.45) is 5.73 Å². The van der Waals surface area contributed by atoms with E-state index in [1.807, 2.05) is 19.1 Å². The minimum Gasteiger partial charge on any atom is -0.320 e. The third-order valence-corrected chi connectivity index (χ3v) is 3.62. The lowest BCUT2D eigenvalue weighted by Crippen LogP contribution is -2.44. The van der Waals surface area contributed by atoms with Crippen molar-refractivity contribution in [1.29, 1.82) is 0 Å². The fourth-order valence-corrected chi connectivity index (χ4v) is 1.86. The van der Waals surface area contributed by atoms with E-state index in [1.165, 1.54) is 6.42 Å². The lowest BCUT2D eigenvalue weighted by Gasteiger charge is -2.37. The first-order valence-electron chi connectivity index (χ1n) is 4.54. The predicted molar refractivity (Wildman–Crippen MR) is 56.4 cm³/mol. The molecule has 2 N–H and O–H groups in total. The van der Waals surface area contributed by atoms with E-state index in [-0.39, 0.29) is 5.54 Å². The second-order valence-corrected chi connectivity index (χ2v) is 4.63. The van der Waals surface area contributed by atoms with Gasteiger partial charge in [-0.05, 0) is 54.2 Å². The van der Waals surface area contributed by atoms with Crippen molar-refractivity contribution in [3.8, 4) is 0 Å². The van der Waals surface area contributed by atoms with Crippen LogP contribution in [0.25, 0.3) is 0 Å². The van der Waals surface area contributed by atoms with Crippen molar-refractivity contribution in [3.63, 3.8) is 0 Å². The summed E-state index contributed by atoms with van der Waals surface area (Å²) >= 11 is 3.43. The van der Waals surface area contributed by atoms with E-state index in [0.29, 0.717) is 0 Å². The standard InChI is InChI=1S/C10H13BrN2/c1-7-8(11)3-4-9(13-7)10(12)5-2-6-10/h3-4H,2,5-6,12H2,1H3. The van der Waals surface area contributed by atoms with E-state index in [2.05, 4.69) is 20.9 Å². The first-order chi connectivity index (χ1) is 6.12. The number of nitrogens with two attached hydrogens (primary N) is 1. The summed E-state index contributed by atoms with van der Waals surface area (Å²) in [5.74, 6) is 0. The minimum absolute atomic E-state index is 0.133. The topological polar surface area (TPSA) is 38.9 Å². The van der Waals surface area contributed by atoms with Crippen LogP contribution in [-0.4, -0.2) is 4.98 Å². The Kier molecular flexibility index (Phi) is 2.16. The summed E-state index contributed by atoms with van der Waals surface area (Å²) in [6.45, 7) is 2.00. The van der Waals surface area contributed by atoms with Gasteiger partial charge in [0.2, 0.25) is 0 Å². The number of aryl methyl sites for hydroxylation is 1. The van der Waals surface area contributed by atoms with Crippen molar-refractivity contribution in [2.45, 2.75) is 31.7 Å². The number of hydrogen-bond donors (Lipinski definition) is 1. The number of rotatable bonds is 1. The highest BCUT2D eigenvalue weighted by atomic mass is 79.9. The molecule has 0 amide bonds. The number of hydrogen-bond acceptors (Lipinski definition) is 2. The molecule has 70 valence electrons. The van der Waals surface area contributed by atoms with Gasteiger partial charge < -0.3 is 5.73 Å². The average molecular weight is 241 g/mol. The van der Waals surface area contributed by atoms with Crippen LogP contribution >= 0.6 is 15.9 Å². The summed E-state index contributed by atoms with van der Waals surface area (Å²) in [6, 6.07) is 4.06. The number of nitrogens with zero attached hydrogens (tertiary/aromatic N) is 1. The van der Waals surface area contributed by atoms with Gasteiger partial charge in [0.05, 0.1) is 16.9 Å². The van der Waals surface area contributed by atoms with E-state index in [9.17, 15) is 0 Å². The fraction of sp³-hybridized carbons (Fsp3) is 0.500. The van der Waals surface area contributed by atoms with Crippen molar-refractivity contribution in [3.05, 3.63) is 28.0 Å². The van der Waals surface area contributed by atoms with Crippen molar-refractivity contribution >= 4 is 15.9 Å². The van der Waals surface area contributed by atoms with Crippen LogP contribution in [0.5, 0.6) is 0 Å². The number of aromatic nitrogens is 1. The molecule has 1 aliphatic rings. The van der Waals surface area contributed by atoms with Gasteiger partial charge in [-0.1, -0.05) is 0 Å². The molecule has 13 heavy (non-hydrogen) atoms. The average Bonchev–Trinajstić information content (AvgIpc) is 2.06. The highest BCUT2D eigenvalue weighted by Gasteiger charge is 2.35. The maximum Gasteiger partial charge on any atom is 0.0606 e. The van der Waals surface area contributed by atoms with E-state index >= 15 is 0 Å². The molecular formula is C10H13BrN2. The molecule has 0 unspecified atom stereocenters. The molecule has 1 fully saturated rings. The smallest absolute Gasteiger partial charge is 0.0606 e. The summed E-state index contributed by atoms with van der Waals surface area (Å²) in [4.78, 5) is 4.49. The van der Waals surface area contributed by atoms with Gasteiger partial charge in [0.25, 0.3) is 0 Å². The van der Waals surface area contributed by atoms with Gasteiger partial charge in [0.1, 0.15) is 0 Å². The van der Waals surface area contributed by atoms with Gasteiger partial charge in [-0.3, -0.25) is 4.98 Å². The summed E-state index contributed by atoms with van der Waals surface area (Å²) in [7, 11) is 0. The molecule has 0 radical (unpaired) electrons. The van der Waals surface area contributed by atoms with Crippen molar-refractivity contribution < 1.29 is 0 Å². The van der Waals surface area contributed by atoms with Crippen LogP contribution in [0, 0.1) is 6.92 Å². The Balaban J connectivity index is 2.36. The lowest BCUT2D eigenvalue weighted by atomic mass is 9.75. The van der Waals surface area contributed by atoms with Crippen molar-refractivity contribution in [1.82, 2.24) is 4.98 Å². The zero-order valence-electron chi connectivity index (χ0n) is 7.68. The summed E-state index contributed by atoms with van der Waals surface area (Å²) in [5, 5.41) is 0. The molecule has 0 atom stereocenters. The zero-order chi connectivity index (χ0) is 9.47. The maximum absolute atomic E-state index is 6.17. The van der Waals surface area contributed by atoms with Crippen LogP contribution < -0.4 is 5.73 Å². The molecule has 1 heterocycles. The van der Waals surface area contributed by atoms with E-state index in [0.717, 1.165) is 28.7 Å². The Bertz CT molecular complexity index is 332. The predicted octanol–water partition coefficient (Wildman–Crippen LogP) is 2.49. The highest BCUT2D eigenvalue weighted by Crippen LogP contribution is 2.38. The largest absolute Gasteiger partial charge is 0.320 e. The molecule has 0 spiro atoms. The second-order valence-electron chi connectivity index (χ2n) is 3.77. The number of pyridine rings is 1. The molecule has 2 nitrogen and oxygen atoms in total. The molecule has 1 aromatic rings. The summed E-state index contributed by atoms with van der Waals surface area (Å²) in [6.07, 6.45) is 3.37. The van der Waals surface area contributed by atoms with Crippen LogP contribution in [0.15, 0.2) is 16.6 Å². The van der Waals surface area contributed by atoms with Crippen molar-refractivity contribution in [2.75, 3.05) is 0 Å². The van der Waals surface area contributed by atoms with E-state index in [4.69, 9.17) is 5.73 Å². The fourth-order valence-electron chi connectivity index (χ4n) is 1.64. The van der Waals surface area contributed by atoms with Gasteiger partial charge in [0, 0.05) is 4.47 Å². The third kappa shape index (κ3) is 1.51. The Morgan fingerprint density at radius 1 is 1.46 bits per heavy atom. The molecule has 1 aliphatic carbocycles. The Morgan fingerprint density at radius 3 is 2.62 bits per heavy atom. The molecule has 1 aromatic heterocycles. The monoisotopic (exact) mass is 240 g/mol. The minimum atomic E-state index is -0.133. The molecule has 0 bridgehead atoms. The summed E-state index contributed by atoms with van der Waals surface area (Å²) in [5.41, 5.74) is 8.10. The quantitative estimate of drug-likeness (QED) is 0.820. The maximum atomic E-state index is 6.17. The normalized spacial score (nSPS) is 19.6. The molecular weight excluding hydrogens is 228 g/mol. The highest BCUT2D eigenvalue weighted by molar-refractivity contribution is 9.10. The molecule has 1 saturated carbocycles. The third-order valence-electron chi connectivity index (χ3n) is 2.78. The molecule has 2 rings (SSSR count). The van der Waals surface area contributed by atoms with Gasteiger partial charge in [-0.15, -0.1) is 0 Å². The number of halogens is 1. The van der Waals surface area contributed by atoms with Gasteiger partial charge in [-0.25, -0.2) is 0 Å². The van der Waals surface area contributed by atoms with E-state index in [1.54, 1.807) is 0 Å². The van der Waals surface area contributed by atoms with Crippen LogP contribution in [0.1, 0.15) is 30.7 Å². The van der Waals surface area contributed by atoms with Crippen LogP contribution in [0.4, 0.5) is 0 Å². The molecule has 3 heteroatoms. The van der Waals surface area contributed by atoms with Gasteiger partial charge >= 0.3 is 0 Å². The zero-order valence-corrected chi connectivity index (χ0v) is 9.26. The van der Waals surface area contributed by atoms with E-state index < -0.39 is 0 Å². The van der Waals surface area contributed by atoms with Crippen LogP contribution in [0.3, 0.4) is 0 Å². The summed E-state index contributed by atoms with van der Waals surface area (Å²) < 4.78 is 1.05. The Labute approximate surface area is 86.7 Å². The molecule has 0 saturated heterocycles. The first-order valence-corrected chi connectivity index (χ1v) is 5.34. The Hall–Kier alpha value is -0.410. The lowest BCUT2D eigenvalue weighted by molar-refractivity contribution is 0.246. The molecule has 0 aromatic carbocycles.